The molecule has 0 fully saturated rings. The summed E-state index contributed by atoms with van der Waals surface area (Å²) in [7, 11) is -3.95. The van der Waals surface area contributed by atoms with Crippen LogP contribution in [0.5, 0.6) is 0 Å². The van der Waals surface area contributed by atoms with E-state index in [1.54, 1.807) is 6.07 Å². The summed E-state index contributed by atoms with van der Waals surface area (Å²) in [5, 5.41) is 0. The molecule has 1 N–H and O–H groups in total. The molecule has 0 aliphatic rings. The molecule has 0 aliphatic carbocycles. The molecule has 0 radical (unpaired) electrons. The average Bonchev–Trinajstić information content (AvgIpc) is 2.49. The number of unbranched alkanes of at least 4 members (excludes halogenated alkanes) is 9. The summed E-state index contributed by atoms with van der Waals surface area (Å²) in [6.45, 7) is 2.24. The van der Waals surface area contributed by atoms with Gasteiger partial charge in [-0.2, -0.15) is 8.42 Å². The molecule has 0 aromatic heterocycles. The minimum absolute atomic E-state index is 0. The molecule has 0 aliphatic heterocycles. The summed E-state index contributed by atoms with van der Waals surface area (Å²) in [5.41, 5.74) is 1.77. The van der Waals surface area contributed by atoms with Crippen LogP contribution in [0.4, 0.5) is 0 Å². The third kappa shape index (κ3) is 12.7. The second kappa shape index (κ2) is 14.5. The van der Waals surface area contributed by atoms with E-state index in [2.05, 4.69) is 6.92 Å². The molecule has 0 spiro atoms. The number of hydrogen-bond donors (Lipinski definition) is 1. The Morgan fingerprint density at radius 1 is 0.833 bits per heavy atom. The maximum absolute atomic E-state index is 11.1. The molecule has 1 aromatic carbocycles. The molecule has 0 heterocycles. The van der Waals surface area contributed by atoms with E-state index >= 15 is 0 Å². The monoisotopic (exact) mass is 382 g/mol. The molecule has 5 heteroatoms. The van der Waals surface area contributed by atoms with Crippen LogP contribution in [0.25, 0.3) is 0 Å². The first-order valence-electron chi connectivity index (χ1n) is 9.05. The molecule has 1 rings (SSSR count). The van der Waals surface area contributed by atoms with Crippen molar-refractivity contribution in [3.05, 3.63) is 35.4 Å². The minimum Gasteiger partial charge on any atom is -1.00 e. The number of rotatable bonds is 13. The van der Waals surface area contributed by atoms with Crippen LogP contribution in [-0.4, -0.2) is 50.7 Å². The SMILES string of the molecule is CCCCCCCCCCCCc1ccccc1CS(=O)(=O)O.[Ca+2].[H-].[H-]. The Kier molecular flexibility index (Phi) is 14.8. The first kappa shape index (κ1) is 24.4. The van der Waals surface area contributed by atoms with Crippen molar-refractivity contribution in [2.75, 3.05) is 0 Å². The number of aryl methyl sites for hydroxylation is 1. The van der Waals surface area contributed by atoms with Gasteiger partial charge in [0.15, 0.2) is 0 Å². The van der Waals surface area contributed by atoms with E-state index in [4.69, 9.17) is 4.55 Å². The molecule has 0 amide bonds. The molecule has 0 bridgehead atoms. The maximum Gasteiger partial charge on any atom is 2.00 e. The smallest absolute Gasteiger partial charge is 1.00 e. The largest absolute Gasteiger partial charge is 2.00 e. The van der Waals surface area contributed by atoms with Gasteiger partial charge in [0.1, 0.15) is 5.75 Å². The van der Waals surface area contributed by atoms with E-state index in [1.165, 1.54) is 57.8 Å². The third-order valence-electron chi connectivity index (χ3n) is 4.26. The zero-order chi connectivity index (χ0) is 17.0. The zero-order valence-corrected chi connectivity index (χ0v) is 18.2. The van der Waals surface area contributed by atoms with Crippen molar-refractivity contribution in [1.82, 2.24) is 0 Å². The Morgan fingerprint density at radius 2 is 1.29 bits per heavy atom. The van der Waals surface area contributed by atoms with Crippen molar-refractivity contribution in [2.45, 2.75) is 83.3 Å². The molecular weight excluding hydrogens is 348 g/mol. The van der Waals surface area contributed by atoms with Crippen molar-refractivity contribution in [3.8, 4) is 0 Å². The first-order valence-corrected chi connectivity index (χ1v) is 10.7. The van der Waals surface area contributed by atoms with Crippen LogP contribution in [0.1, 0.15) is 85.1 Å². The van der Waals surface area contributed by atoms with Crippen LogP contribution in [0.2, 0.25) is 0 Å². The summed E-state index contributed by atoms with van der Waals surface area (Å²) in [6, 6.07) is 7.51. The Labute approximate surface area is 181 Å². The van der Waals surface area contributed by atoms with Crippen LogP contribution in [0, 0.1) is 0 Å². The molecule has 24 heavy (non-hydrogen) atoms. The van der Waals surface area contributed by atoms with Crippen LogP contribution in [-0.2, 0) is 22.3 Å². The van der Waals surface area contributed by atoms with Gasteiger partial charge in [0.05, 0.1) is 0 Å². The van der Waals surface area contributed by atoms with Gasteiger partial charge in [-0.25, -0.2) is 0 Å². The van der Waals surface area contributed by atoms with Gasteiger partial charge in [-0.3, -0.25) is 4.55 Å². The van der Waals surface area contributed by atoms with E-state index < -0.39 is 10.1 Å². The zero-order valence-electron chi connectivity index (χ0n) is 17.2. The fourth-order valence-corrected chi connectivity index (χ4v) is 3.62. The van der Waals surface area contributed by atoms with Crippen molar-refractivity contribution >= 4 is 47.9 Å². The second-order valence-corrected chi connectivity index (χ2v) is 7.88. The summed E-state index contributed by atoms with van der Waals surface area (Å²) in [4.78, 5) is 0. The second-order valence-electron chi connectivity index (χ2n) is 6.43. The van der Waals surface area contributed by atoms with E-state index in [0.29, 0.717) is 0 Å². The van der Waals surface area contributed by atoms with Gasteiger partial charge < -0.3 is 2.85 Å². The van der Waals surface area contributed by atoms with E-state index in [9.17, 15) is 8.42 Å². The van der Waals surface area contributed by atoms with Gasteiger partial charge in [0, 0.05) is 0 Å². The molecule has 0 atom stereocenters. The Balaban J connectivity index is -0.00000176. The molecule has 136 valence electrons. The predicted octanol–water partition coefficient (Wildman–Crippen LogP) is 5.38. The third-order valence-corrected chi connectivity index (χ3v) is 4.93. The van der Waals surface area contributed by atoms with Gasteiger partial charge in [-0.05, 0) is 24.0 Å². The van der Waals surface area contributed by atoms with Gasteiger partial charge in [0.2, 0.25) is 0 Å². The van der Waals surface area contributed by atoms with E-state index in [-0.39, 0.29) is 46.3 Å². The van der Waals surface area contributed by atoms with Gasteiger partial charge in [-0.1, -0.05) is 89.0 Å². The number of benzene rings is 1. The fourth-order valence-electron chi connectivity index (χ4n) is 2.94. The Bertz CT molecular complexity index is 539. The fraction of sp³-hybridized carbons (Fsp3) is 0.684. The quantitative estimate of drug-likeness (QED) is 0.283. The Morgan fingerprint density at radius 3 is 1.79 bits per heavy atom. The summed E-state index contributed by atoms with van der Waals surface area (Å²) < 4.78 is 31.1. The number of hydrogen-bond acceptors (Lipinski definition) is 2. The van der Waals surface area contributed by atoms with Crippen LogP contribution < -0.4 is 0 Å². The predicted molar refractivity (Wildman–Crippen MR) is 105 cm³/mol. The molecular formula is C19H34CaO3S. The van der Waals surface area contributed by atoms with E-state index in [0.717, 1.165) is 24.0 Å². The summed E-state index contributed by atoms with van der Waals surface area (Å²) in [5.74, 6) is -0.277. The summed E-state index contributed by atoms with van der Waals surface area (Å²) >= 11 is 0. The normalized spacial score (nSPS) is 11.2. The van der Waals surface area contributed by atoms with Crippen molar-refractivity contribution in [1.29, 1.82) is 0 Å². The molecule has 0 unspecified atom stereocenters. The topological polar surface area (TPSA) is 54.4 Å². The van der Waals surface area contributed by atoms with Crippen LogP contribution >= 0.6 is 0 Å². The van der Waals surface area contributed by atoms with Gasteiger partial charge in [-0.15, -0.1) is 0 Å². The molecule has 0 saturated carbocycles. The van der Waals surface area contributed by atoms with Crippen LogP contribution in [0.15, 0.2) is 24.3 Å². The molecule has 3 nitrogen and oxygen atoms in total. The molecule has 0 saturated heterocycles. The van der Waals surface area contributed by atoms with Crippen molar-refractivity contribution in [2.24, 2.45) is 0 Å². The van der Waals surface area contributed by atoms with Gasteiger partial charge >= 0.3 is 37.7 Å². The Hall–Kier alpha value is 0.390. The van der Waals surface area contributed by atoms with Crippen molar-refractivity contribution < 1.29 is 15.8 Å². The maximum atomic E-state index is 11.1. The molecule has 1 aromatic rings. The summed E-state index contributed by atoms with van der Waals surface area (Å²) in [6.07, 6.45) is 13.8. The minimum atomic E-state index is -3.95. The van der Waals surface area contributed by atoms with Crippen molar-refractivity contribution in [3.63, 3.8) is 0 Å². The van der Waals surface area contributed by atoms with Crippen LogP contribution in [0.3, 0.4) is 0 Å². The first-order chi connectivity index (χ1) is 11.0. The average molecular weight is 383 g/mol. The van der Waals surface area contributed by atoms with Gasteiger partial charge in [0.25, 0.3) is 10.1 Å². The van der Waals surface area contributed by atoms with E-state index in [1.807, 2.05) is 18.2 Å². The standard InChI is InChI=1S/C19H32O3S.Ca.2H/c1-2-3-4-5-6-7-8-9-10-11-14-18-15-12-13-16-19(18)17-23(20,21)22;;;/h12-13,15-16H,2-11,14,17H2,1H3,(H,20,21,22);;;/q;+2;2*-1.